The van der Waals surface area contributed by atoms with Crippen molar-refractivity contribution in [2.24, 2.45) is 5.92 Å². The molecular weight excluding hydrogens is 504 g/mol. The van der Waals surface area contributed by atoms with Crippen molar-refractivity contribution in [3.63, 3.8) is 0 Å². The van der Waals surface area contributed by atoms with E-state index in [4.69, 9.17) is 14.5 Å². The highest BCUT2D eigenvalue weighted by Crippen LogP contribution is 2.37. The molecule has 0 bridgehead atoms. The summed E-state index contributed by atoms with van der Waals surface area (Å²) in [7, 11) is 0. The number of carboxylic acid groups (broad SMARTS) is 1. The van der Waals surface area contributed by atoms with E-state index in [1.54, 1.807) is 6.92 Å². The molecule has 2 heterocycles. The van der Waals surface area contributed by atoms with Gasteiger partial charge in [-0.05, 0) is 80.3 Å². The predicted molar refractivity (Wildman–Crippen MR) is 153 cm³/mol. The van der Waals surface area contributed by atoms with Crippen LogP contribution in [0, 0.1) is 12.8 Å². The highest BCUT2D eigenvalue weighted by atomic mass is 16.4. The van der Waals surface area contributed by atoms with E-state index in [-0.39, 0.29) is 18.0 Å². The highest BCUT2D eigenvalue weighted by molar-refractivity contribution is 6.04. The molecule has 3 aromatic carbocycles. The predicted octanol–water partition coefficient (Wildman–Crippen LogP) is 7.19. The van der Waals surface area contributed by atoms with Gasteiger partial charge in [-0.25, -0.2) is 9.97 Å². The van der Waals surface area contributed by atoms with Gasteiger partial charge in [0.2, 0.25) is 5.89 Å². The van der Waals surface area contributed by atoms with Crippen LogP contribution in [0.4, 0.5) is 5.69 Å². The number of benzene rings is 3. The number of carbonyl (C=O) groups excluding carboxylic acids is 1. The molecule has 5 aromatic rings. The zero-order valence-corrected chi connectivity index (χ0v) is 22.2. The Kier molecular flexibility index (Phi) is 6.90. The fraction of sp³-hybridized carbons (Fsp3) is 0.250. The number of imidazole rings is 1. The molecule has 2 aromatic heterocycles. The minimum atomic E-state index is -0.698. The van der Waals surface area contributed by atoms with Crippen LogP contribution >= 0.6 is 0 Å². The van der Waals surface area contributed by atoms with Crippen molar-refractivity contribution in [2.45, 2.75) is 44.9 Å². The van der Waals surface area contributed by atoms with E-state index in [1.807, 2.05) is 48.5 Å². The molecular formula is C32H30N4O4. The van der Waals surface area contributed by atoms with Gasteiger partial charge in [-0.2, -0.15) is 0 Å². The number of amides is 1. The number of aryl methyl sites for hydroxylation is 1. The molecule has 40 heavy (non-hydrogen) atoms. The van der Waals surface area contributed by atoms with Crippen LogP contribution in [0.3, 0.4) is 0 Å². The molecule has 1 saturated carbocycles. The number of nitrogens with one attached hydrogen (secondary N) is 2. The van der Waals surface area contributed by atoms with Gasteiger partial charge in [-0.3, -0.25) is 9.59 Å². The summed E-state index contributed by atoms with van der Waals surface area (Å²) in [5.74, 6) is 1.36. The van der Waals surface area contributed by atoms with E-state index >= 15 is 0 Å². The van der Waals surface area contributed by atoms with Gasteiger partial charge in [0.1, 0.15) is 11.6 Å². The Morgan fingerprint density at radius 1 is 0.950 bits per heavy atom. The summed E-state index contributed by atoms with van der Waals surface area (Å²) in [5.41, 5.74) is 5.58. The monoisotopic (exact) mass is 534 g/mol. The van der Waals surface area contributed by atoms with Crippen LogP contribution in [0.1, 0.15) is 59.8 Å². The van der Waals surface area contributed by atoms with Gasteiger partial charge < -0.3 is 19.8 Å². The molecule has 1 amide bonds. The Hall–Kier alpha value is -4.72. The van der Waals surface area contributed by atoms with Gasteiger partial charge in [0.05, 0.1) is 11.0 Å². The second-order valence-electron chi connectivity index (χ2n) is 10.5. The van der Waals surface area contributed by atoms with Crippen LogP contribution in [0.2, 0.25) is 0 Å². The van der Waals surface area contributed by atoms with Gasteiger partial charge in [-0.1, -0.05) is 42.5 Å². The molecule has 0 saturated heterocycles. The number of anilines is 1. The number of aromatic amines is 1. The van der Waals surface area contributed by atoms with E-state index in [0.717, 1.165) is 53.7 Å². The smallest absolute Gasteiger partial charge is 0.303 e. The first-order valence-corrected chi connectivity index (χ1v) is 13.6. The molecule has 0 spiro atoms. The maximum Gasteiger partial charge on any atom is 0.303 e. The van der Waals surface area contributed by atoms with E-state index < -0.39 is 5.97 Å². The summed E-state index contributed by atoms with van der Waals surface area (Å²) >= 11 is 0. The molecule has 1 aliphatic rings. The van der Waals surface area contributed by atoms with Gasteiger partial charge >= 0.3 is 5.97 Å². The number of carboxylic acids is 1. The number of aromatic nitrogens is 3. The second kappa shape index (κ2) is 10.8. The van der Waals surface area contributed by atoms with Crippen molar-refractivity contribution in [2.75, 3.05) is 5.32 Å². The lowest BCUT2D eigenvalue weighted by Crippen LogP contribution is -2.16. The molecule has 1 aliphatic carbocycles. The number of carbonyl (C=O) groups is 2. The quantitative estimate of drug-likeness (QED) is 0.203. The van der Waals surface area contributed by atoms with Crippen molar-refractivity contribution >= 4 is 28.6 Å². The number of hydrogen-bond donors (Lipinski definition) is 3. The molecule has 6 rings (SSSR count). The number of rotatable bonds is 7. The zero-order valence-electron chi connectivity index (χ0n) is 22.2. The number of aliphatic carboxylic acids is 1. The standard InChI is InChI=1S/C32H30N4O4/c1-19-29(36-32(40-19)24-5-3-2-4-6-24)31(39)33-25-15-16-26-27(18-25)35-30(34-26)23-13-11-22(12-14-23)21-9-7-20(8-10-21)17-28(37)38/h2-6,11-16,18,20-21H,7-10,17H2,1H3,(H,33,39)(H,34,35)(H,37,38). The molecule has 0 aliphatic heterocycles. The van der Waals surface area contributed by atoms with Crippen LogP contribution in [-0.2, 0) is 4.79 Å². The first-order chi connectivity index (χ1) is 19.4. The van der Waals surface area contributed by atoms with Crippen LogP contribution in [0.25, 0.3) is 33.9 Å². The van der Waals surface area contributed by atoms with E-state index in [1.165, 1.54) is 5.56 Å². The first-order valence-electron chi connectivity index (χ1n) is 13.6. The molecule has 3 N–H and O–H groups in total. The van der Waals surface area contributed by atoms with Crippen molar-refractivity contribution in [3.05, 3.63) is 89.8 Å². The largest absolute Gasteiger partial charge is 0.481 e. The van der Waals surface area contributed by atoms with Crippen molar-refractivity contribution in [1.82, 2.24) is 15.0 Å². The van der Waals surface area contributed by atoms with Crippen LogP contribution in [0.5, 0.6) is 0 Å². The van der Waals surface area contributed by atoms with E-state index in [9.17, 15) is 9.59 Å². The summed E-state index contributed by atoms with van der Waals surface area (Å²) in [5, 5.41) is 12.0. The van der Waals surface area contributed by atoms with Crippen molar-refractivity contribution < 1.29 is 19.1 Å². The lowest BCUT2D eigenvalue weighted by Gasteiger charge is -2.28. The lowest BCUT2D eigenvalue weighted by atomic mass is 9.77. The molecule has 8 heteroatoms. The summed E-state index contributed by atoms with van der Waals surface area (Å²) < 4.78 is 5.74. The number of nitrogens with zero attached hydrogens (tertiary/aromatic N) is 2. The average Bonchev–Trinajstić information content (AvgIpc) is 3.57. The molecule has 0 radical (unpaired) electrons. The SMILES string of the molecule is Cc1oc(-c2ccccc2)nc1C(=O)Nc1ccc2nc(-c3ccc(C4CCC(CC(=O)O)CC4)cc3)[nH]c2c1. The van der Waals surface area contributed by atoms with Gasteiger partial charge in [0.15, 0.2) is 5.69 Å². The molecule has 0 atom stereocenters. The summed E-state index contributed by atoms with van der Waals surface area (Å²) in [6.07, 6.45) is 4.25. The van der Waals surface area contributed by atoms with Gasteiger partial charge in [0, 0.05) is 23.2 Å². The topological polar surface area (TPSA) is 121 Å². The highest BCUT2D eigenvalue weighted by Gasteiger charge is 2.24. The Labute approximate surface area is 231 Å². The third kappa shape index (κ3) is 5.38. The minimum absolute atomic E-state index is 0.250. The molecule has 8 nitrogen and oxygen atoms in total. The Morgan fingerprint density at radius 3 is 2.42 bits per heavy atom. The number of hydrogen-bond acceptors (Lipinski definition) is 5. The Bertz CT molecular complexity index is 1660. The minimum Gasteiger partial charge on any atom is -0.481 e. The second-order valence-corrected chi connectivity index (χ2v) is 10.5. The zero-order chi connectivity index (χ0) is 27.6. The normalized spacial score (nSPS) is 17.1. The van der Waals surface area contributed by atoms with E-state index in [0.29, 0.717) is 29.2 Å². The third-order valence-electron chi connectivity index (χ3n) is 7.74. The van der Waals surface area contributed by atoms with Crippen LogP contribution in [0.15, 0.2) is 77.2 Å². The lowest BCUT2D eigenvalue weighted by molar-refractivity contribution is -0.138. The molecule has 202 valence electrons. The van der Waals surface area contributed by atoms with Crippen molar-refractivity contribution in [3.8, 4) is 22.8 Å². The first kappa shape index (κ1) is 25.6. The average molecular weight is 535 g/mol. The summed E-state index contributed by atoms with van der Waals surface area (Å²) in [6, 6.07) is 23.5. The van der Waals surface area contributed by atoms with Gasteiger partial charge in [0.25, 0.3) is 5.91 Å². The maximum atomic E-state index is 13.0. The fourth-order valence-corrected chi connectivity index (χ4v) is 5.59. The van der Waals surface area contributed by atoms with E-state index in [2.05, 4.69) is 39.6 Å². The maximum absolute atomic E-state index is 13.0. The third-order valence-corrected chi connectivity index (χ3v) is 7.74. The Morgan fingerprint density at radius 2 is 1.70 bits per heavy atom. The summed E-state index contributed by atoms with van der Waals surface area (Å²) in [4.78, 5) is 36.5. The number of H-pyrrole nitrogens is 1. The summed E-state index contributed by atoms with van der Waals surface area (Å²) in [6.45, 7) is 1.73. The number of fused-ring (bicyclic) bond motifs is 1. The fourth-order valence-electron chi connectivity index (χ4n) is 5.59. The van der Waals surface area contributed by atoms with Crippen LogP contribution < -0.4 is 5.32 Å². The molecule has 0 unspecified atom stereocenters. The Balaban J connectivity index is 1.14. The number of oxazole rings is 1. The van der Waals surface area contributed by atoms with Crippen molar-refractivity contribution in [1.29, 1.82) is 0 Å². The van der Waals surface area contributed by atoms with Crippen LogP contribution in [-0.4, -0.2) is 31.9 Å². The molecule has 1 fully saturated rings. The van der Waals surface area contributed by atoms with Gasteiger partial charge in [-0.15, -0.1) is 0 Å².